The summed E-state index contributed by atoms with van der Waals surface area (Å²) in [6.45, 7) is 1.96. The third kappa shape index (κ3) is 1.77. The van der Waals surface area contributed by atoms with Crippen LogP contribution in [0.15, 0.2) is 23.9 Å². The molecular formula is C9H12BrNO2. The van der Waals surface area contributed by atoms with Crippen LogP contribution in [-0.2, 0) is 4.79 Å². The summed E-state index contributed by atoms with van der Waals surface area (Å²) in [5, 5.41) is 12.7. The van der Waals surface area contributed by atoms with E-state index in [4.69, 9.17) is 5.11 Å². The Bertz CT molecular complexity index is 267. The molecule has 0 radical (unpaired) electrons. The van der Waals surface area contributed by atoms with Crippen LogP contribution < -0.4 is 5.32 Å². The van der Waals surface area contributed by atoms with E-state index in [0.717, 1.165) is 6.42 Å². The first kappa shape index (κ1) is 10.3. The number of carboxylic acids is 1. The van der Waals surface area contributed by atoms with Crippen LogP contribution in [0.25, 0.3) is 0 Å². The standard InChI is InChI=1S/C9H12BrNO2/c1-2-9(6-10)7(8(12)13)4-3-5-11-9/h3-5,11H,2,6H2,1H3,(H,12,13). The van der Waals surface area contributed by atoms with Crippen molar-refractivity contribution in [2.45, 2.75) is 18.9 Å². The molecule has 1 atom stereocenters. The van der Waals surface area contributed by atoms with Crippen molar-refractivity contribution >= 4 is 21.9 Å². The molecule has 0 amide bonds. The predicted molar refractivity (Wildman–Crippen MR) is 54.8 cm³/mol. The highest BCUT2D eigenvalue weighted by atomic mass is 79.9. The summed E-state index contributed by atoms with van der Waals surface area (Å²) in [4.78, 5) is 10.9. The van der Waals surface area contributed by atoms with Gasteiger partial charge in [-0.25, -0.2) is 4.79 Å². The molecule has 4 heteroatoms. The Morgan fingerprint density at radius 3 is 2.85 bits per heavy atom. The number of carboxylic acid groups (broad SMARTS) is 1. The highest BCUT2D eigenvalue weighted by molar-refractivity contribution is 9.09. The summed E-state index contributed by atoms with van der Waals surface area (Å²) in [5.74, 6) is -0.863. The molecule has 0 saturated heterocycles. The molecule has 1 heterocycles. The van der Waals surface area contributed by atoms with Crippen LogP contribution in [0, 0.1) is 0 Å². The Hall–Kier alpha value is -0.770. The zero-order valence-electron chi connectivity index (χ0n) is 7.38. The molecule has 0 aromatic rings. The van der Waals surface area contributed by atoms with E-state index in [0.29, 0.717) is 10.9 Å². The van der Waals surface area contributed by atoms with E-state index in [1.54, 1.807) is 18.4 Å². The van der Waals surface area contributed by atoms with E-state index in [-0.39, 0.29) is 0 Å². The number of carbonyl (C=O) groups is 1. The molecule has 0 aromatic carbocycles. The van der Waals surface area contributed by atoms with Crippen LogP contribution in [0.4, 0.5) is 0 Å². The molecular weight excluding hydrogens is 234 g/mol. The number of aliphatic carboxylic acids is 1. The molecule has 0 fully saturated rings. The molecule has 1 aliphatic rings. The summed E-state index contributed by atoms with van der Waals surface area (Å²) in [6.07, 6.45) is 5.86. The number of hydrogen-bond acceptors (Lipinski definition) is 2. The molecule has 2 N–H and O–H groups in total. The summed E-state index contributed by atoms with van der Waals surface area (Å²) < 4.78 is 0. The highest BCUT2D eigenvalue weighted by Crippen LogP contribution is 2.26. The van der Waals surface area contributed by atoms with Gasteiger partial charge in [-0.05, 0) is 24.8 Å². The largest absolute Gasteiger partial charge is 0.478 e. The minimum absolute atomic E-state index is 0.411. The Morgan fingerprint density at radius 2 is 2.46 bits per heavy atom. The number of nitrogens with one attached hydrogen (secondary N) is 1. The average Bonchev–Trinajstić information content (AvgIpc) is 2.17. The normalized spacial score (nSPS) is 26.5. The van der Waals surface area contributed by atoms with Gasteiger partial charge in [0.1, 0.15) is 0 Å². The summed E-state index contributed by atoms with van der Waals surface area (Å²) in [5.41, 5.74) is -0.0463. The number of alkyl halides is 1. The van der Waals surface area contributed by atoms with Gasteiger partial charge in [0.2, 0.25) is 0 Å². The van der Waals surface area contributed by atoms with Crippen molar-refractivity contribution in [2.75, 3.05) is 5.33 Å². The maximum Gasteiger partial charge on any atom is 0.333 e. The minimum atomic E-state index is -0.863. The van der Waals surface area contributed by atoms with Crippen molar-refractivity contribution in [3.63, 3.8) is 0 Å². The van der Waals surface area contributed by atoms with Gasteiger partial charge in [0.15, 0.2) is 0 Å². The van der Waals surface area contributed by atoms with Crippen molar-refractivity contribution in [3.8, 4) is 0 Å². The van der Waals surface area contributed by atoms with Crippen LogP contribution in [-0.4, -0.2) is 21.9 Å². The molecule has 1 aliphatic heterocycles. The van der Waals surface area contributed by atoms with E-state index < -0.39 is 11.5 Å². The van der Waals surface area contributed by atoms with E-state index >= 15 is 0 Å². The van der Waals surface area contributed by atoms with Gasteiger partial charge in [-0.3, -0.25) is 0 Å². The van der Waals surface area contributed by atoms with Crippen LogP contribution in [0.3, 0.4) is 0 Å². The molecule has 13 heavy (non-hydrogen) atoms. The van der Waals surface area contributed by atoms with Crippen molar-refractivity contribution < 1.29 is 9.90 Å². The predicted octanol–water partition coefficient (Wildman–Crippen LogP) is 1.66. The van der Waals surface area contributed by atoms with Crippen LogP contribution in [0.5, 0.6) is 0 Å². The van der Waals surface area contributed by atoms with Crippen LogP contribution >= 0.6 is 15.9 Å². The first-order valence-corrected chi connectivity index (χ1v) is 5.22. The van der Waals surface area contributed by atoms with Crippen molar-refractivity contribution in [2.24, 2.45) is 0 Å². The maximum atomic E-state index is 10.9. The van der Waals surface area contributed by atoms with Crippen LogP contribution in [0.2, 0.25) is 0 Å². The molecule has 1 rings (SSSR count). The third-order valence-electron chi connectivity index (χ3n) is 2.30. The lowest BCUT2D eigenvalue weighted by Gasteiger charge is -2.33. The molecule has 3 nitrogen and oxygen atoms in total. The lowest BCUT2D eigenvalue weighted by atomic mass is 9.87. The van der Waals surface area contributed by atoms with E-state index in [2.05, 4.69) is 21.2 Å². The lowest BCUT2D eigenvalue weighted by Crippen LogP contribution is -2.48. The van der Waals surface area contributed by atoms with Crippen LogP contribution in [0.1, 0.15) is 13.3 Å². The Balaban J connectivity index is 3.03. The summed E-state index contributed by atoms with van der Waals surface area (Å²) >= 11 is 3.34. The van der Waals surface area contributed by atoms with Gasteiger partial charge in [-0.1, -0.05) is 22.9 Å². The number of dihydropyridines is 1. The zero-order chi connectivity index (χ0) is 9.90. The molecule has 1 unspecified atom stereocenters. The lowest BCUT2D eigenvalue weighted by molar-refractivity contribution is -0.133. The first-order valence-electron chi connectivity index (χ1n) is 4.10. The Morgan fingerprint density at radius 1 is 1.77 bits per heavy atom. The zero-order valence-corrected chi connectivity index (χ0v) is 8.97. The number of halogens is 1. The smallest absolute Gasteiger partial charge is 0.333 e. The second-order valence-corrected chi connectivity index (χ2v) is 3.52. The quantitative estimate of drug-likeness (QED) is 0.744. The number of allylic oxidation sites excluding steroid dienone is 2. The SMILES string of the molecule is CCC1(CBr)NC=CC=C1C(=O)O. The fourth-order valence-electron chi connectivity index (χ4n) is 1.36. The molecule has 0 spiro atoms. The molecule has 72 valence electrons. The van der Waals surface area contributed by atoms with Gasteiger partial charge < -0.3 is 10.4 Å². The van der Waals surface area contributed by atoms with Gasteiger partial charge >= 0.3 is 5.97 Å². The van der Waals surface area contributed by atoms with E-state index in [9.17, 15) is 4.79 Å². The molecule has 0 aromatic heterocycles. The summed E-state index contributed by atoms with van der Waals surface area (Å²) in [6, 6.07) is 0. The Kier molecular flexibility index (Phi) is 3.14. The van der Waals surface area contributed by atoms with Crippen molar-refractivity contribution in [3.05, 3.63) is 23.9 Å². The first-order chi connectivity index (χ1) is 6.16. The fourth-order valence-corrected chi connectivity index (χ4v) is 2.22. The molecule has 0 saturated carbocycles. The molecule has 0 bridgehead atoms. The highest BCUT2D eigenvalue weighted by Gasteiger charge is 2.35. The van der Waals surface area contributed by atoms with Gasteiger partial charge in [0.25, 0.3) is 0 Å². The van der Waals surface area contributed by atoms with Gasteiger partial charge in [0.05, 0.1) is 11.1 Å². The Labute approximate surface area is 85.6 Å². The third-order valence-corrected chi connectivity index (χ3v) is 3.25. The maximum absolute atomic E-state index is 10.9. The fraction of sp³-hybridized carbons (Fsp3) is 0.444. The minimum Gasteiger partial charge on any atom is -0.478 e. The monoisotopic (exact) mass is 245 g/mol. The van der Waals surface area contributed by atoms with Gasteiger partial charge in [-0.15, -0.1) is 0 Å². The average molecular weight is 246 g/mol. The van der Waals surface area contributed by atoms with Crippen molar-refractivity contribution in [1.82, 2.24) is 5.32 Å². The van der Waals surface area contributed by atoms with E-state index in [1.165, 1.54) is 0 Å². The second kappa shape index (κ2) is 3.96. The van der Waals surface area contributed by atoms with Gasteiger partial charge in [0, 0.05) is 5.33 Å². The summed E-state index contributed by atoms with van der Waals surface area (Å²) in [7, 11) is 0. The number of hydrogen-bond donors (Lipinski definition) is 2. The topological polar surface area (TPSA) is 49.3 Å². The van der Waals surface area contributed by atoms with Crippen molar-refractivity contribution in [1.29, 1.82) is 0 Å². The van der Waals surface area contributed by atoms with E-state index in [1.807, 2.05) is 6.92 Å². The second-order valence-electron chi connectivity index (χ2n) is 2.96. The van der Waals surface area contributed by atoms with Gasteiger partial charge in [-0.2, -0.15) is 0 Å². The number of rotatable bonds is 3. The molecule has 0 aliphatic carbocycles.